The second kappa shape index (κ2) is 4.88. The molecule has 0 saturated carbocycles. The van der Waals surface area contributed by atoms with Crippen molar-refractivity contribution in [1.29, 1.82) is 0 Å². The van der Waals surface area contributed by atoms with Gasteiger partial charge in [-0.1, -0.05) is 30.3 Å². The lowest BCUT2D eigenvalue weighted by Crippen LogP contribution is -2.51. The van der Waals surface area contributed by atoms with E-state index in [4.69, 9.17) is 0 Å². The van der Waals surface area contributed by atoms with E-state index >= 15 is 0 Å². The summed E-state index contributed by atoms with van der Waals surface area (Å²) in [5, 5.41) is 19.4. The van der Waals surface area contributed by atoms with Crippen LogP contribution in [-0.2, 0) is 19.2 Å². The number of aliphatic hydroxyl groups is 1. The maximum Gasteiger partial charge on any atom is 0.405 e. The van der Waals surface area contributed by atoms with Crippen LogP contribution in [0.4, 0.5) is 0 Å². The Bertz CT molecular complexity index is 510. The third-order valence-corrected chi connectivity index (χ3v) is 2.79. The van der Waals surface area contributed by atoms with E-state index in [1.165, 1.54) is 12.1 Å². The minimum Gasteiger partial charge on any atom is -0.377 e. The molecule has 0 radical (unpaired) electrons. The van der Waals surface area contributed by atoms with Gasteiger partial charge in [0.1, 0.15) is 4.81 Å². The van der Waals surface area contributed by atoms with Gasteiger partial charge in [-0.05, 0) is 5.56 Å². The fraction of sp³-hybridized carbons (Fsp3) is 0.250. The molecule has 1 aromatic rings. The van der Waals surface area contributed by atoms with Gasteiger partial charge in [0.25, 0.3) is 0 Å². The number of hydrogen-bond acceptors (Lipinski definition) is 6. The number of amides is 2. The molecule has 1 aromatic carbocycles. The molecule has 19 heavy (non-hydrogen) atoms. The minimum absolute atomic E-state index is 0.204. The zero-order valence-electron chi connectivity index (χ0n) is 9.85. The van der Waals surface area contributed by atoms with Crippen LogP contribution in [0, 0.1) is 0 Å². The molecule has 2 amide bonds. The first-order valence-electron chi connectivity index (χ1n) is 5.60. The van der Waals surface area contributed by atoms with Crippen LogP contribution in [0.5, 0.6) is 0 Å². The fourth-order valence-corrected chi connectivity index (χ4v) is 1.71. The lowest BCUT2D eigenvalue weighted by molar-refractivity contribution is -1.12. The van der Waals surface area contributed by atoms with Crippen molar-refractivity contribution in [3.63, 3.8) is 0 Å². The number of aliphatic hydroxyl groups excluding tert-OH is 1. The summed E-state index contributed by atoms with van der Waals surface area (Å²) in [5.41, 5.74) is 0.234. The maximum atomic E-state index is 11.6. The zero-order valence-corrected chi connectivity index (χ0v) is 9.85. The highest BCUT2D eigenvalue weighted by molar-refractivity contribution is 5.91. The molecular weight excluding hydrogens is 254 g/mol. The molecule has 1 heterocycles. The summed E-state index contributed by atoms with van der Waals surface area (Å²) < 4.78 is 0. The molecule has 0 aliphatic carbocycles. The van der Waals surface area contributed by atoms with Crippen molar-refractivity contribution in [2.75, 3.05) is 0 Å². The molecule has 7 nitrogen and oxygen atoms in total. The van der Waals surface area contributed by atoms with Gasteiger partial charge in [0.05, 0.1) is 12.8 Å². The smallest absolute Gasteiger partial charge is 0.377 e. The molecule has 1 saturated heterocycles. The summed E-state index contributed by atoms with van der Waals surface area (Å²) in [6, 6.07) is 7.83. The molecule has 2 N–H and O–H groups in total. The third-order valence-electron chi connectivity index (χ3n) is 2.79. The molecule has 1 atom stereocenters. The van der Waals surface area contributed by atoms with Crippen LogP contribution in [-0.4, -0.2) is 32.9 Å². The van der Waals surface area contributed by atoms with Gasteiger partial charge in [-0.25, -0.2) is 19.2 Å². The van der Waals surface area contributed by atoms with E-state index in [-0.39, 0.29) is 18.4 Å². The average Bonchev–Trinajstić information content (AvgIpc) is 2.66. The monoisotopic (exact) mass is 266 g/mol. The molecule has 100 valence electrons. The standard InChI is InChI=1S/C12H12NO6/c14-9-6-7-10(15)13(9,18)19-12(17)11(16)8-4-2-1-3-5-8/h1-5,11,16,18H,6-7H2/q+1. The number of carbonyl (C=O) groups excluding carboxylic acids is 3. The van der Waals surface area contributed by atoms with E-state index in [0.29, 0.717) is 0 Å². The number of benzene rings is 1. The predicted molar refractivity (Wildman–Crippen MR) is 58.8 cm³/mol. The number of rotatable bonds is 3. The van der Waals surface area contributed by atoms with Gasteiger partial charge in [0, 0.05) is 0 Å². The topological polar surface area (TPSA) is 101 Å². The first-order chi connectivity index (χ1) is 8.95. The van der Waals surface area contributed by atoms with Crippen molar-refractivity contribution in [2.24, 2.45) is 0 Å². The molecule has 1 aliphatic rings. The van der Waals surface area contributed by atoms with Crippen LogP contribution < -0.4 is 0 Å². The third kappa shape index (κ3) is 2.39. The fourth-order valence-electron chi connectivity index (χ4n) is 1.71. The van der Waals surface area contributed by atoms with Gasteiger partial charge < -0.3 is 5.11 Å². The zero-order chi connectivity index (χ0) is 14.0. The Labute approximate surface area is 108 Å². The van der Waals surface area contributed by atoms with Gasteiger partial charge >= 0.3 is 17.8 Å². The van der Waals surface area contributed by atoms with Crippen LogP contribution in [0.1, 0.15) is 24.5 Å². The second-order valence-electron chi connectivity index (χ2n) is 4.09. The highest BCUT2D eigenvalue weighted by Gasteiger charge is 2.56. The molecule has 2 rings (SSSR count). The molecule has 1 unspecified atom stereocenters. The van der Waals surface area contributed by atoms with Crippen LogP contribution in [0.2, 0.25) is 0 Å². The van der Waals surface area contributed by atoms with E-state index in [1.54, 1.807) is 18.2 Å². The van der Waals surface area contributed by atoms with Crippen molar-refractivity contribution in [3.8, 4) is 0 Å². The van der Waals surface area contributed by atoms with Gasteiger partial charge in [0.15, 0.2) is 6.10 Å². The summed E-state index contributed by atoms with van der Waals surface area (Å²) in [4.78, 5) is 36.8. The van der Waals surface area contributed by atoms with Crippen LogP contribution in [0.25, 0.3) is 0 Å². The van der Waals surface area contributed by atoms with E-state index in [9.17, 15) is 24.7 Å². The number of carbonyl (C=O) groups is 3. The van der Waals surface area contributed by atoms with E-state index in [2.05, 4.69) is 4.84 Å². The van der Waals surface area contributed by atoms with Crippen LogP contribution in [0.3, 0.4) is 0 Å². The Balaban J connectivity index is 2.14. The lowest BCUT2D eigenvalue weighted by Gasteiger charge is -2.17. The van der Waals surface area contributed by atoms with E-state index in [0.717, 1.165) is 0 Å². The number of nitrogens with zero attached hydrogens (tertiary/aromatic N) is 1. The summed E-state index contributed by atoms with van der Waals surface area (Å²) >= 11 is 0. The first-order valence-corrected chi connectivity index (χ1v) is 5.60. The Morgan fingerprint density at radius 1 is 1.16 bits per heavy atom. The normalized spacial score (nSPS) is 19.3. The Morgan fingerprint density at radius 2 is 1.68 bits per heavy atom. The number of imide groups is 1. The first kappa shape index (κ1) is 13.3. The summed E-state index contributed by atoms with van der Waals surface area (Å²) in [6.07, 6.45) is -2.08. The number of hydroxylamine groups is 4. The Hall–Kier alpha value is -2.09. The SMILES string of the molecule is O=C(O[N+]1(O)C(=O)CCC1=O)C(O)c1ccccc1. The van der Waals surface area contributed by atoms with Crippen molar-refractivity contribution >= 4 is 17.8 Å². The van der Waals surface area contributed by atoms with Gasteiger partial charge in [-0.15, -0.1) is 0 Å². The highest BCUT2D eigenvalue weighted by atomic mass is 17.0. The summed E-state index contributed by atoms with van der Waals surface area (Å²) in [6.45, 7) is 0. The Kier molecular flexibility index (Phi) is 3.43. The van der Waals surface area contributed by atoms with Crippen LogP contribution >= 0.6 is 0 Å². The highest BCUT2D eigenvalue weighted by Crippen LogP contribution is 2.23. The van der Waals surface area contributed by atoms with Crippen molar-refractivity contribution < 1.29 is 34.3 Å². The van der Waals surface area contributed by atoms with E-state index in [1.807, 2.05) is 0 Å². The molecule has 0 bridgehead atoms. The summed E-state index contributed by atoms with van der Waals surface area (Å²) in [7, 11) is 0. The predicted octanol–water partition coefficient (Wildman–Crippen LogP) is 0.231. The Morgan fingerprint density at radius 3 is 2.21 bits per heavy atom. The molecule has 0 aromatic heterocycles. The lowest BCUT2D eigenvalue weighted by atomic mass is 10.1. The van der Waals surface area contributed by atoms with Gasteiger partial charge in [-0.2, -0.15) is 5.21 Å². The van der Waals surface area contributed by atoms with Crippen molar-refractivity contribution in [2.45, 2.75) is 18.9 Å². The van der Waals surface area contributed by atoms with Gasteiger partial charge in [0.2, 0.25) is 0 Å². The minimum atomic E-state index is -2.03. The second-order valence-corrected chi connectivity index (χ2v) is 4.09. The quantitative estimate of drug-likeness (QED) is 0.461. The largest absolute Gasteiger partial charge is 0.405 e. The molecule has 0 spiro atoms. The van der Waals surface area contributed by atoms with Crippen LogP contribution in [0.15, 0.2) is 30.3 Å². The maximum absolute atomic E-state index is 11.6. The summed E-state index contributed by atoms with van der Waals surface area (Å²) in [5.74, 6) is -3.13. The molecular formula is C12H12NO6+. The van der Waals surface area contributed by atoms with Gasteiger partial charge in [-0.3, -0.25) is 0 Å². The molecule has 1 aliphatic heterocycles. The number of hydrogen-bond donors (Lipinski definition) is 2. The number of quaternary nitrogens is 1. The van der Waals surface area contributed by atoms with E-state index < -0.39 is 28.7 Å². The van der Waals surface area contributed by atoms with Crippen molar-refractivity contribution in [1.82, 2.24) is 0 Å². The molecule has 7 heteroatoms. The molecule has 1 fully saturated rings. The van der Waals surface area contributed by atoms with Crippen molar-refractivity contribution in [3.05, 3.63) is 35.9 Å². The average molecular weight is 266 g/mol.